The summed E-state index contributed by atoms with van der Waals surface area (Å²) in [6.07, 6.45) is 4.72. The van der Waals surface area contributed by atoms with Gasteiger partial charge in [-0.3, -0.25) is 4.90 Å². The van der Waals surface area contributed by atoms with Gasteiger partial charge < -0.3 is 9.64 Å². The molecule has 0 unspecified atom stereocenters. The number of halogens is 1. The maximum Gasteiger partial charge on any atom is 0.225 e. The molecule has 5 nitrogen and oxygen atoms in total. The highest BCUT2D eigenvalue weighted by atomic mass is 19.1. The Bertz CT molecular complexity index is 400. The van der Waals surface area contributed by atoms with Gasteiger partial charge in [-0.05, 0) is 12.8 Å². The van der Waals surface area contributed by atoms with Crippen LogP contribution in [0.15, 0.2) is 12.4 Å². The number of piperazine rings is 1. The predicted octanol–water partition coefficient (Wildman–Crippen LogP) is 0.917. The zero-order chi connectivity index (χ0) is 13.1. The number of nitrogens with zero attached hydrogens (tertiary/aromatic N) is 4. The second kappa shape index (κ2) is 5.79. The van der Waals surface area contributed by atoms with Crippen LogP contribution < -0.4 is 4.90 Å². The molecule has 0 spiro atoms. The van der Waals surface area contributed by atoms with E-state index in [-0.39, 0.29) is 5.82 Å². The second-order valence-corrected chi connectivity index (χ2v) is 5.07. The lowest BCUT2D eigenvalue weighted by Gasteiger charge is -2.40. The van der Waals surface area contributed by atoms with Crippen molar-refractivity contribution in [1.29, 1.82) is 0 Å². The van der Waals surface area contributed by atoms with Gasteiger partial charge in [0.2, 0.25) is 5.95 Å². The molecule has 0 atom stereocenters. The van der Waals surface area contributed by atoms with Crippen molar-refractivity contribution in [2.45, 2.75) is 18.9 Å². The zero-order valence-electron chi connectivity index (χ0n) is 11.0. The Morgan fingerprint density at radius 1 is 1.05 bits per heavy atom. The molecule has 104 valence electrons. The summed E-state index contributed by atoms with van der Waals surface area (Å²) in [5, 5.41) is 0. The average Bonchev–Trinajstić information content (AvgIpc) is 2.49. The van der Waals surface area contributed by atoms with Crippen LogP contribution in [0.1, 0.15) is 12.8 Å². The van der Waals surface area contributed by atoms with Crippen LogP contribution in [-0.4, -0.2) is 60.3 Å². The minimum absolute atomic E-state index is 0.385. The molecule has 2 saturated heterocycles. The lowest BCUT2D eigenvalue weighted by Crippen LogP contribution is -2.52. The normalized spacial score (nSPS) is 22.7. The first kappa shape index (κ1) is 12.7. The van der Waals surface area contributed by atoms with Crippen LogP contribution in [0, 0.1) is 5.82 Å². The molecule has 2 aliphatic rings. The van der Waals surface area contributed by atoms with Crippen LogP contribution in [-0.2, 0) is 4.74 Å². The first-order valence-electron chi connectivity index (χ1n) is 6.87. The molecule has 3 rings (SSSR count). The Morgan fingerprint density at radius 3 is 2.32 bits per heavy atom. The molecule has 2 aliphatic heterocycles. The molecule has 6 heteroatoms. The van der Waals surface area contributed by atoms with E-state index in [4.69, 9.17) is 4.74 Å². The Hall–Kier alpha value is -1.27. The van der Waals surface area contributed by atoms with Crippen molar-refractivity contribution in [3.8, 4) is 0 Å². The van der Waals surface area contributed by atoms with Gasteiger partial charge in [-0.1, -0.05) is 0 Å². The fourth-order valence-corrected chi connectivity index (χ4v) is 2.81. The van der Waals surface area contributed by atoms with Gasteiger partial charge in [0, 0.05) is 45.4 Å². The third-order valence-electron chi connectivity index (χ3n) is 3.91. The van der Waals surface area contributed by atoms with Crippen molar-refractivity contribution in [2.24, 2.45) is 0 Å². The molecule has 0 amide bonds. The van der Waals surface area contributed by atoms with Gasteiger partial charge in [-0.2, -0.15) is 0 Å². The van der Waals surface area contributed by atoms with E-state index in [2.05, 4.69) is 19.8 Å². The highest BCUT2D eigenvalue weighted by molar-refractivity contribution is 5.29. The van der Waals surface area contributed by atoms with Gasteiger partial charge in [0.25, 0.3) is 0 Å². The van der Waals surface area contributed by atoms with Crippen molar-refractivity contribution in [1.82, 2.24) is 14.9 Å². The Morgan fingerprint density at radius 2 is 1.68 bits per heavy atom. The predicted molar refractivity (Wildman–Crippen MR) is 69.6 cm³/mol. The fraction of sp³-hybridized carbons (Fsp3) is 0.692. The van der Waals surface area contributed by atoms with Crippen molar-refractivity contribution in [2.75, 3.05) is 44.3 Å². The van der Waals surface area contributed by atoms with Crippen molar-refractivity contribution in [3.63, 3.8) is 0 Å². The van der Waals surface area contributed by atoms with E-state index in [1.165, 1.54) is 12.4 Å². The molecule has 1 aromatic heterocycles. The summed E-state index contributed by atoms with van der Waals surface area (Å²) >= 11 is 0. The molecule has 0 aliphatic carbocycles. The van der Waals surface area contributed by atoms with E-state index in [1.54, 1.807) is 0 Å². The van der Waals surface area contributed by atoms with E-state index in [0.29, 0.717) is 12.0 Å². The van der Waals surface area contributed by atoms with Crippen molar-refractivity contribution in [3.05, 3.63) is 18.2 Å². The zero-order valence-corrected chi connectivity index (χ0v) is 11.0. The quantitative estimate of drug-likeness (QED) is 0.796. The topological polar surface area (TPSA) is 41.5 Å². The summed E-state index contributed by atoms with van der Waals surface area (Å²) in [5.41, 5.74) is 0. The third-order valence-corrected chi connectivity index (χ3v) is 3.91. The lowest BCUT2D eigenvalue weighted by molar-refractivity contribution is 0.0320. The molecule has 19 heavy (non-hydrogen) atoms. The molecular weight excluding hydrogens is 247 g/mol. The summed E-state index contributed by atoms with van der Waals surface area (Å²) < 4.78 is 18.2. The second-order valence-electron chi connectivity index (χ2n) is 5.07. The molecule has 0 radical (unpaired) electrons. The van der Waals surface area contributed by atoms with Crippen LogP contribution in [0.2, 0.25) is 0 Å². The van der Waals surface area contributed by atoms with Gasteiger partial charge in [-0.15, -0.1) is 0 Å². The van der Waals surface area contributed by atoms with Crippen LogP contribution in [0.4, 0.5) is 10.3 Å². The molecule has 0 saturated carbocycles. The molecule has 1 aromatic rings. The largest absolute Gasteiger partial charge is 0.381 e. The first-order valence-corrected chi connectivity index (χ1v) is 6.87. The Kier molecular flexibility index (Phi) is 3.89. The lowest BCUT2D eigenvalue weighted by atomic mass is 10.1. The van der Waals surface area contributed by atoms with Crippen molar-refractivity contribution < 1.29 is 9.13 Å². The minimum atomic E-state index is -0.385. The molecular formula is C13H19FN4O. The highest BCUT2D eigenvalue weighted by Crippen LogP contribution is 2.18. The van der Waals surface area contributed by atoms with E-state index >= 15 is 0 Å². The summed E-state index contributed by atoms with van der Waals surface area (Å²) in [4.78, 5) is 12.7. The van der Waals surface area contributed by atoms with Gasteiger partial charge in [-0.25, -0.2) is 14.4 Å². The summed E-state index contributed by atoms with van der Waals surface area (Å²) in [6, 6.07) is 0.657. The molecule has 2 fully saturated rings. The van der Waals surface area contributed by atoms with E-state index in [0.717, 1.165) is 52.2 Å². The maximum atomic E-state index is 12.8. The van der Waals surface area contributed by atoms with Crippen molar-refractivity contribution >= 4 is 5.95 Å². The number of anilines is 1. The Labute approximate surface area is 112 Å². The highest BCUT2D eigenvalue weighted by Gasteiger charge is 2.26. The maximum absolute atomic E-state index is 12.8. The van der Waals surface area contributed by atoms with E-state index in [1.807, 2.05) is 0 Å². The summed E-state index contributed by atoms with van der Waals surface area (Å²) in [5.74, 6) is 0.248. The standard InChI is InChI=1S/C13H19FN4O/c14-11-9-15-13(16-10-11)18-5-3-17(4-6-18)12-1-7-19-8-2-12/h9-10,12H,1-8H2. The molecule has 0 N–H and O–H groups in total. The average molecular weight is 266 g/mol. The number of aromatic nitrogens is 2. The minimum Gasteiger partial charge on any atom is -0.381 e. The van der Waals surface area contributed by atoms with Gasteiger partial charge in [0.15, 0.2) is 5.82 Å². The fourth-order valence-electron chi connectivity index (χ4n) is 2.81. The summed E-state index contributed by atoms with van der Waals surface area (Å²) in [7, 11) is 0. The third kappa shape index (κ3) is 3.01. The molecule has 0 aromatic carbocycles. The van der Waals surface area contributed by atoms with Gasteiger partial charge in [0.1, 0.15) is 0 Å². The number of hydrogen-bond donors (Lipinski definition) is 0. The van der Waals surface area contributed by atoms with Crippen LogP contribution in [0.3, 0.4) is 0 Å². The molecule has 0 bridgehead atoms. The van der Waals surface area contributed by atoms with Crippen LogP contribution in [0.25, 0.3) is 0 Å². The van der Waals surface area contributed by atoms with Crippen LogP contribution >= 0.6 is 0 Å². The van der Waals surface area contributed by atoms with Gasteiger partial charge in [0.05, 0.1) is 12.4 Å². The van der Waals surface area contributed by atoms with Crippen LogP contribution in [0.5, 0.6) is 0 Å². The smallest absolute Gasteiger partial charge is 0.225 e. The van der Waals surface area contributed by atoms with E-state index in [9.17, 15) is 4.39 Å². The number of hydrogen-bond acceptors (Lipinski definition) is 5. The first-order chi connectivity index (χ1) is 9.33. The van der Waals surface area contributed by atoms with E-state index < -0.39 is 0 Å². The molecule has 3 heterocycles. The Balaban J connectivity index is 1.55. The SMILES string of the molecule is Fc1cnc(N2CCN(C3CCOCC3)CC2)nc1. The van der Waals surface area contributed by atoms with Gasteiger partial charge >= 0.3 is 0 Å². The monoisotopic (exact) mass is 266 g/mol. The number of ether oxygens (including phenoxy) is 1. The number of rotatable bonds is 2. The summed E-state index contributed by atoms with van der Waals surface area (Å²) in [6.45, 7) is 5.61.